The second kappa shape index (κ2) is 9.67. The second-order valence-electron chi connectivity index (χ2n) is 8.01. The van der Waals surface area contributed by atoms with Crippen LogP contribution in [0.25, 0.3) is 0 Å². The van der Waals surface area contributed by atoms with Gasteiger partial charge in [-0.05, 0) is 66.3 Å². The van der Waals surface area contributed by atoms with Crippen molar-refractivity contribution in [1.29, 1.82) is 0 Å². The molecule has 2 aromatic rings. The van der Waals surface area contributed by atoms with E-state index in [1.165, 1.54) is 12.6 Å². The minimum Gasteiger partial charge on any atom is -0.487 e. The summed E-state index contributed by atoms with van der Waals surface area (Å²) in [4.78, 5) is 13.4. The lowest BCUT2D eigenvalue weighted by atomic mass is 9.86. The molecule has 0 aliphatic heterocycles. The van der Waals surface area contributed by atoms with Gasteiger partial charge < -0.3 is 9.47 Å². The molecule has 1 atom stereocenters. The highest BCUT2D eigenvalue weighted by molar-refractivity contribution is 8.68. The summed E-state index contributed by atoms with van der Waals surface area (Å²) in [6.45, 7) is 12.2. The van der Waals surface area contributed by atoms with Crippen LogP contribution in [0.3, 0.4) is 0 Å². The molecule has 1 unspecified atom stereocenters. The molecule has 7 heteroatoms. The first-order chi connectivity index (χ1) is 13.5. The van der Waals surface area contributed by atoms with Crippen LogP contribution in [-0.4, -0.2) is 27.8 Å². The van der Waals surface area contributed by atoms with Gasteiger partial charge in [-0.1, -0.05) is 45.0 Å². The SMILES string of the molecule is Cc1cc(C(C)(C)C)ccc1SS(=O)N(C)C(=O)Oc1ccccc1OC(C)C. The number of carbonyl (C=O) groups excluding carboxylic acids is 1. The van der Waals surface area contributed by atoms with Crippen LogP contribution >= 0.6 is 10.8 Å². The van der Waals surface area contributed by atoms with Gasteiger partial charge in [0.05, 0.1) is 6.10 Å². The molecule has 158 valence electrons. The quantitative estimate of drug-likeness (QED) is 0.530. The summed E-state index contributed by atoms with van der Waals surface area (Å²) in [6, 6.07) is 13.0. The fourth-order valence-corrected chi connectivity index (χ4v) is 4.73. The van der Waals surface area contributed by atoms with E-state index < -0.39 is 16.1 Å². The first-order valence-electron chi connectivity index (χ1n) is 9.41. The van der Waals surface area contributed by atoms with Crippen molar-refractivity contribution in [2.24, 2.45) is 0 Å². The highest BCUT2D eigenvalue weighted by Gasteiger charge is 2.22. The first kappa shape index (κ1) is 23.3. The third-order valence-electron chi connectivity index (χ3n) is 4.09. The van der Waals surface area contributed by atoms with Gasteiger partial charge in [0, 0.05) is 11.9 Å². The van der Waals surface area contributed by atoms with E-state index in [0.29, 0.717) is 11.5 Å². The van der Waals surface area contributed by atoms with E-state index in [1.54, 1.807) is 24.3 Å². The Labute approximate surface area is 179 Å². The van der Waals surface area contributed by atoms with Crippen molar-refractivity contribution in [3.05, 3.63) is 53.6 Å². The van der Waals surface area contributed by atoms with Crippen molar-refractivity contribution < 1.29 is 18.5 Å². The van der Waals surface area contributed by atoms with Gasteiger partial charge in [0.25, 0.3) is 0 Å². The van der Waals surface area contributed by atoms with E-state index in [4.69, 9.17) is 9.47 Å². The summed E-state index contributed by atoms with van der Waals surface area (Å²) in [5.41, 5.74) is 2.27. The van der Waals surface area contributed by atoms with E-state index in [1.807, 2.05) is 32.9 Å². The van der Waals surface area contributed by atoms with Crippen LogP contribution in [0.5, 0.6) is 11.5 Å². The number of carbonyl (C=O) groups is 1. The van der Waals surface area contributed by atoms with Gasteiger partial charge in [0.1, 0.15) is 0 Å². The normalized spacial score (nSPS) is 12.6. The third kappa shape index (κ3) is 6.51. The van der Waals surface area contributed by atoms with Gasteiger partial charge in [-0.2, -0.15) is 0 Å². The zero-order chi connectivity index (χ0) is 21.8. The number of para-hydroxylation sites is 2. The maximum absolute atomic E-state index is 12.7. The predicted octanol–water partition coefficient (Wildman–Crippen LogP) is 5.88. The molecule has 2 aromatic carbocycles. The molecule has 1 amide bonds. The van der Waals surface area contributed by atoms with Crippen LogP contribution in [0.4, 0.5) is 4.79 Å². The summed E-state index contributed by atoms with van der Waals surface area (Å²) in [5.74, 6) is 0.766. The molecule has 0 bridgehead atoms. The summed E-state index contributed by atoms with van der Waals surface area (Å²) in [6.07, 6.45) is -0.768. The molecule has 0 saturated carbocycles. The molecule has 5 nitrogen and oxygen atoms in total. The minimum absolute atomic E-state index is 0.0408. The van der Waals surface area contributed by atoms with E-state index in [2.05, 4.69) is 26.8 Å². The Morgan fingerprint density at radius 3 is 2.28 bits per heavy atom. The molecule has 0 N–H and O–H groups in total. The topological polar surface area (TPSA) is 55.8 Å². The highest BCUT2D eigenvalue weighted by Crippen LogP contribution is 2.32. The molecule has 0 radical (unpaired) electrons. The number of nitrogens with zero attached hydrogens (tertiary/aromatic N) is 1. The smallest absolute Gasteiger partial charge is 0.427 e. The molecular formula is C22H29NO4S2. The van der Waals surface area contributed by atoms with Gasteiger partial charge in [-0.3, -0.25) is 0 Å². The van der Waals surface area contributed by atoms with Crippen LogP contribution in [-0.2, 0) is 15.4 Å². The monoisotopic (exact) mass is 435 g/mol. The summed E-state index contributed by atoms with van der Waals surface area (Å²) >= 11 is 0. The lowest BCUT2D eigenvalue weighted by Gasteiger charge is -2.21. The molecule has 0 heterocycles. The van der Waals surface area contributed by atoms with Crippen molar-refractivity contribution in [3.63, 3.8) is 0 Å². The number of benzene rings is 2. The molecule has 0 spiro atoms. The molecule has 0 aliphatic rings. The Morgan fingerprint density at radius 2 is 1.72 bits per heavy atom. The van der Waals surface area contributed by atoms with Crippen LogP contribution < -0.4 is 9.47 Å². The van der Waals surface area contributed by atoms with E-state index in [9.17, 15) is 9.00 Å². The zero-order valence-electron chi connectivity index (χ0n) is 18.0. The summed E-state index contributed by atoms with van der Waals surface area (Å²) < 4.78 is 24.9. The number of ether oxygens (including phenoxy) is 2. The van der Waals surface area contributed by atoms with Crippen LogP contribution in [0.2, 0.25) is 0 Å². The lowest BCUT2D eigenvalue weighted by Crippen LogP contribution is -2.30. The maximum atomic E-state index is 12.7. The van der Waals surface area contributed by atoms with Gasteiger partial charge in [-0.25, -0.2) is 13.3 Å². The van der Waals surface area contributed by atoms with E-state index >= 15 is 0 Å². The van der Waals surface area contributed by atoms with Crippen molar-refractivity contribution in [3.8, 4) is 11.5 Å². The molecule has 0 saturated heterocycles. The van der Waals surface area contributed by atoms with Crippen LogP contribution in [0, 0.1) is 6.92 Å². The molecule has 29 heavy (non-hydrogen) atoms. The van der Waals surface area contributed by atoms with Crippen LogP contribution in [0.1, 0.15) is 45.7 Å². The molecular weight excluding hydrogens is 406 g/mol. The predicted molar refractivity (Wildman–Crippen MR) is 120 cm³/mol. The van der Waals surface area contributed by atoms with Gasteiger partial charge in [0.15, 0.2) is 21.5 Å². The Balaban J connectivity index is 2.08. The Hall–Kier alpha value is -1.99. The van der Waals surface area contributed by atoms with Gasteiger partial charge >= 0.3 is 6.09 Å². The van der Waals surface area contributed by atoms with E-state index in [-0.39, 0.29) is 11.5 Å². The molecule has 0 fully saturated rings. The van der Waals surface area contributed by atoms with Crippen molar-refractivity contribution >= 4 is 26.9 Å². The number of hydrogen-bond acceptors (Lipinski definition) is 5. The fourth-order valence-electron chi connectivity index (χ4n) is 2.45. The van der Waals surface area contributed by atoms with Crippen molar-refractivity contribution in [2.75, 3.05) is 7.05 Å². The Morgan fingerprint density at radius 1 is 1.10 bits per heavy atom. The third-order valence-corrected chi connectivity index (χ3v) is 7.11. The minimum atomic E-state index is -1.64. The van der Waals surface area contributed by atoms with Crippen LogP contribution in [0.15, 0.2) is 47.4 Å². The van der Waals surface area contributed by atoms with E-state index in [0.717, 1.165) is 25.6 Å². The Kier molecular flexibility index (Phi) is 7.77. The number of amides is 1. The number of hydrogen-bond donors (Lipinski definition) is 0. The first-order valence-corrected chi connectivity index (χ1v) is 11.9. The lowest BCUT2D eigenvalue weighted by molar-refractivity contribution is 0.179. The van der Waals surface area contributed by atoms with Crippen molar-refractivity contribution in [1.82, 2.24) is 4.31 Å². The fraction of sp³-hybridized carbons (Fsp3) is 0.409. The highest BCUT2D eigenvalue weighted by atomic mass is 33.1. The molecule has 2 rings (SSSR count). The van der Waals surface area contributed by atoms with Crippen molar-refractivity contribution in [2.45, 2.75) is 58.0 Å². The van der Waals surface area contributed by atoms with Gasteiger partial charge in [0.2, 0.25) is 0 Å². The number of rotatable bonds is 6. The zero-order valence-corrected chi connectivity index (χ0v) is 19.6. The number of aryl methyl sites for hydroxylation is 1. The molecule has 0 aliphatic carbocycles. The average molecular weight is 436 g/mol. The van der Waals surface area contributed by atoms with Gasteiger partial charge in [-0.15, -0.1) is 0 Å². The molecule has 0 aromatic heterocycles. The second-order valence-corrected chi connectivity index (χ2v) is 11.0. The summed E-state index contributed by atoms with van der Waals surface area (Å²) in [5, 5.41) is 0. The Bertz CT molecular complexity index is 891. The largest absolute Gasteiger partial charge is 0.487 e. The maximum Gasteiger partial charge on any atom is 0.427 e. The standard InChI is InChI=1S/C22H29NO4S2/c1-15(2)26-18-10-8-9-11-19(18)27-21(24)23(7)29(25)28-20-13-12-17(14-16(20)3)22(4,5)6/h8-15H,1-7H3. The average Bonchev–Trinajstić information content (AvgIpc) is 2.62. The summed E-state index contributed by atoms with van der Waals surface area (Å²) in [7, 11) is 0.932.